The van der Waals surface area contributed by atoms with Crippen LogP contribution in [0.15, 0.2) is 22.7 Å². The lowest BCUT2D eigenvalue weighted by molar-refractivity contribution is 0.101. The van der Waals surface area contributed by atoms with Gasteiger partial charge in [0.05, 0.1) is 8.07 Å². The summed E-state index contributed by atoms with van der Waals surface area (Å²) in [5.41, 5.74) is 0.889. The maximum atomic E-state index is 11.8. The summed E-state index contributed by atoms with van der Waals surface area (Å²) in [5, 5.41) is 1.49. The summed E-state index contributed by atoms with van der Waals surface area (Å²) in [6, 6.07) is 6.03. The number of hydrogen-bond donors (Lipinski definition) is 0. The maximum absolute atomic E-state index is 11.8. The molecule has 1 aromatic carbocycles. The van der Waals surface area contributed by atoms with Crippen molar-refractivity contribution < 1.29 is 4.79 Å². The third-order valence-corrected chi connectivity index (χ3v) is 9.91. The van der Waals surface area contributed by atoms with Crippen molar-refractivity contribution in [2.75, 3.05) is 0 Å². The Hall–Kier alpha value is -0.413. The number of carbonyl (C=O) groups is 1. The zero-order valence-electron chi connectivity index (χ0n) is 11.5. The highest BCUT2D eigenvalue weighted by Crippen LogP contribution is 2.36. The third-order valence-electron chi connectivity index (χ3n) is 3.91. The van der Waals surface area contributed by atoms with E-state index in [1.807, 2.05) is 12.1 Å². The van der Waals surface area contributed by atoms with Gasteiger partial charge < -0.3 is 0 Å². The molecule has 17 heavy (non-hydrogen) atoms. The van der Waals surface area contributed by atoms with E-state index in [0.717, 1.165) is 10.0 Å². The quantitative estimate of drug-likeness (QED) is 0.585. The van der Waals surface area contributed by atoms with Crippen molar-refractivity contribution in [3.63, 3.8) is 0 Å². The largest absolute Gasteiger partial charge is 0.295 e. The standard InChI is InChI=1S/C14H21BrOSi/c1-10(16)12-8-7-11(15)9-13(12)17(5,6)14(2,3)4/h7-9H,1-6H3. The highest BCUT2D eigenvalue weighted by atomic mass is 79.9. The van der Waals surface area contributed by atoms with E-state index in [-0.39, 0.29) is 10.8 Å². The predicted octanol–water partition coefficient (Wildman–Crippen LogP) is 4.37. The fourth-order valence-electron chi connectivity index (χ4n) is 1.74. The minimum Gasteiger partial charge on any atom is -0.295 e. The van der Waals surface area contributed by atoms with Gasteiger partial charge in [0.1, 0.15) is 0 Å². The van der Waals surface area contributed by atoms with Crippen LogP contribution in [0.2, 0.25) is 18.1 Å². The van der Waals surface area contributed by atoms with Crippen LogP contribution < -0.4 is 5.19 Å². The van der Waals surface area contributed by atoms with E-state index < -0.39 is 8.07 Å². The first-order valence-corrected chi connectivity index (χ1v) is 9.67. The van der Waals surface area contributed by atoms with Crippen LogP contribution in [0.4, 0.5) is 0 Å². The topological polar surface area (TPSA) is 17.1 Å². The summed E-state index contributed by atoms with van der Waals surface area (Å²) in [5.74, 6) is 0.164. The van der Waals surface area contributed by atoms with Crippen LogP contribution in [0.1, 0.15) is 38.1 Å². The van der Waals surface area contributed by atoms with E-state index in [0.29, 0.717) is 0 Å². The Labute approximate surface area is 114 Å². The van der Waals surface area contributed by atoms with Crippen molar-refractivity contribution in [1.29, 1.82) is 0 Å². The van der Waals surface area contributed by atoms with Gasteiger partial charge in [-0.1, -0.05) is 55.9 Å². The number of rotatable bonds is 2. The van der Waals surface area contributed by atoms with E-state index in [1.165, 1.54) is 5.19 Å². The summed E-state index contributed by atoms with van der Waals surface area (Å²) in [6.45, 7) is 13.1. The van der Waals surface area contributed by atoms with Crippen molar-refractivity contribution in [2.45, 2.75) is 45.8 Å². The normalized spacial score (nSPS) is 12.6. The molecule has 1 rings (SSSR count). The highest BCUT2D eigenvalue weighted by molar-refractivity contribution is 9.10. The zero-order valence-corrected chi connectivity index (χ0v) is 14.1. The third kappa shape index (κ3) is 2.88. The summed E-state index contributed by atoms with van der Waals surface area (Å²) in [7, 11) is -1.67. The van der Waals surface area contributed by atoms with Gasteiger partial charge in [0.2, 0.25) is 0 Å². The van der Waals surface area contributed by atoms with E-state index in [2.05, 4.69) is 55.9 Å². The number of carbonyl (C=O) groups excluding carboxylic acids is 1. The van der Waals surface area contributed by atoms with Gasteiger partial charge >= 0.3 is 0 Å². The van der Waals surface area contributed by atoms with Gasteiger partial charge in [-0.3, -0.25) is 4.79 Å². The number of halogens is 1. The summed E-state index contributed by atoms with van der Waals surface area (Å²) >= 11 is 3.52. The van der Waals surface area contributed by atoms with Gasteiger partial charge in [-0.2, -0.15) is 0 Å². The molecule has 0 N–H and O–H groups in total. The lowest BCUT2D eigenvalue weighted by atomic mass is 10.1. The van der Waals surface area contributed by atoms with Crippen LogP contribution in [0.5, 0.6) is 0 Å². The molecule has 1 aromatic rings. The van der Waals surface area contributed by atoms with Gasteiger partial charge in [0, 0.05) is 10.0 Å². The summed E-state index contributed by atoms with van der Waals surface area (Å²) in [6.07, 6.45) is 0. The van der Waals surface area contributed by atoms with Crippen molar-refractivity contribution in [1.82, 2.24) is 0 Å². The summed E-state index contributed by atoms with van der Waals surface area (Å²) < 4.78 is 1.06. The second-order valence-electron chi connectivity index (χ2n) is 6.12. The van der Waals surface area contributed by atoms with Gasteiger partial charge in [-0.05, 0) is 29.3 Å². The van der Waals surface area contributed by atoms with Crippen molar-refractivity contribution in [3.8, 4) is 0 Å². The SMILES string of the molecule is CC(=O)c1ccc(Br)cc1[Si](C)(C)C(C)(C)C. The minimum atomic E-state index is -1.67. The average molecular weight is 313 g/mol. The lowest BCUT2D eigenvalue weighted by Gasteiger charge is -2.38. The molecule has 0 unspecified atom stereocenters. The van der Waals surface area contributed by atoms with E-state index in [9.17, 15) is 4.79 Å². The first-order valence-electron chi connectivity index (χ1n) is 5.88. The molecule has 0 heterocycles. The molecule has 0 amide bonds. The molecular weight excluding hydrogens is 292 g/mol. The van der Waals surface area contributed by atoms with Gasteiger partial charge in [-0.15, -0.1) is 0 Å². The molecule has 0 atom stereocenters. The molecule has 0 saturated heterocycles. The number of benzene rings is 1. The maximum Gasteiger partial charge on any atom is 0.159 e. The van der Waals surface area contributed by atoms with E-state index in [4.69, 9.17) is 0 Å². The molecule has 0 aliphatic heterocycles. The highest BCUT2D eigenvalue weighted by Gasteiger charge is 2.38. The first kappa shape index (κ1) is 14.6. The Morgan fingerprint density at radius 2 is 1.76 bits per heavy atom. The number of Topliss-reactive ketones (excluding diaryl/α,β-unsaturated/α-hetero) is 1. The Balaban J connectivity index is 3.49. The minimum absolute atomic E-state index is 0.164. The Bertz CT molecular complexity index is 444. The molecule has 1 nitrogen and oxygen atoms in total. The molecule has 0 aliphatic carbocycles. The predicted molar refractivity (Wildman–Crippen MR) is 81.0 cm³/mol. The molecule has 0 radical (unpaired) electrons. The molecule has 94 valence electrons. The van der Waals surface area contributed by atoms with Crippen LogP contribution >= 0.6 is 15.9 Å². The van der Waals surface area contributed by atoms with Crippen LogP contribution in [0, 0.1) is 0 Å². The molecule has 0 aliphatic rings. The van der Waals surface area contributed by atoms with Gasteiger partial charge in [0.25, 0.3) is 0 Å². The van der Waals surface area contributed by atoms with Crippen molar-refractivity contribution in [2.24, 2.45) is 0 Å². The Morgan fingerprint density at radius 3 is 2.18 bits per heavy atom. The van der Waals surface area contributed by atoms with Gasteiger partial charge in [-0.25, -0.2) is 0 Å². The number of hydrogen-bond acceptors (Lipinski definition) is 1. The van der Waals surface area contributed by atoms with E-state index in [1.54, 1.807) is 6.92 Å². The fraction of sp³-hybridized carbons (Fsp3) is 0.500. The van der Waals surface area contributed by atoms with Crippen molar-refractivity contribution in [3.05, 3.63) is 28.2 Å². The first-order chi connectivity index (χ1) is 7.57. The second-order valence-corrected chi connectivity index (χ2v) is 12.3. The molecular formula is C14H21BrOSi. The lowest BCUT2D eigenvalue weighted by Crippen LogP contribution is -2.51. The smallest absolute Gasteiger partial charge is 0.159 e. The molecule has 0 saturated carbocycles. The molecule has 0 aromatic heterocycles. The number of ketones is 1. The average Bonchev–Trinajstić information content (AvgIpc) is 2.15. The Kier molecular flexibility index (Phi) is 4.04. The van der Waals surface area contributed by atoms with Crippen molar-refractivity contribution >= 4 is 35.0 Å². The molecule has 3 heteroatoms. The van der Waals surface area contributed by atoms with Gasteiger partial charge in [0.15, 0.2) is 5.78 Å². The molecule has 0 fully saturated rings. The second kappa shape index (κ2) is 4.69. The fourth-order valence-corrected chi connectivity index (χ4v) is 4.57. The monoisotopic (exact) mass is 312 g/mol. The zero-order chi connectivity index (χ0) is 13.4. The Morgan fingerprint density at radius 1 is 1.24 bits per heavy atom. The van der Waals surface area contributed by atoms with Crippen LogP contribution in [-0.2, 0) is 0 Å². The van der Waals surface area contributed by atoms with E-state index >= 15 is 0 Å². The molecule has 0 bridgehead atoms. The summed E-state index contributed by atoms with van der Waals surface area (Å²) in [4.78, 5) is 11.8. The van der Waals surface area contributed by atoms with Crippen LogP contribution in [-0.4, -0.2) is 13.9 Å². The van der Waals surface area contributed by atoms with Crippen LogP contribution in [0.3, 0.4) is 0 Å². The molecule has 0 spiro atoms. The van der Waals surface area contributed by atoms with Crippen LogP contribution in [0.25, 0.3) is 0 Å².